The molecule has 0 spiro atoms. The summed E-state index contributed by atoms with van der Waals surface area (Å²) in [6.07, 6.45) is 2.60. The second-order valence-electron chi connectivity index (χ2n) is 5.43. The largest absolute Gasteiger partial charge is 0.481 e. The number of oxime groups is 1. The molecule has 1 aliphatic carbocycles. The van der Waals surface area contributed by atoms with E-state index in [1.54, 1.807) is 6.21 Å². The van der Waals surface area contributed by atoms with Crippen molar-refractivity contribution < 1.29 is 14.7 Å². The predicted octanol–water partition coefficient (Wildman–Crippen LogP) is 2.39. The minimum absolute atomic E-state index is 0.00375. The van der Waals surface area contributed by atoms with E-state index in [9.17, 15) is 4.79 Å². The van der Waals surface area contributed by atoms with Crippen LogP contribution in [-0.2, 0) is 9.63 Å². The molecule has 1 fully saturated rings. The Kier molecular flexibility index (Phi) is 3.94. The number of carboxylic acids is 1. The van der Waals surface area contributed by atoms with Gasteiger partial charge in [-0.2, -0.15) is 0 Å². The van der Waals surface area contributed by atoms with E-state index in [1.165, 1.54) is 0 Å². The van der Waals surface area contributed by atoms with Gasteiger partial charge in [-0.05, 0) is 17.8 Å². The molecule has 1 saturated carbocycles. The maximum absolute atomic E-state index is 10.9. The zero-order valence-electron chi connectivity index (χ0n) is 10.4. The van der Waals surface area contributed by atoms with Crippen molar-refractivity contribution in [3.8, 4) is 0 Å². The highest BCUT2D eigenvalue weighted by Gasteiger charge is 2.61. The SMILES string of the molecule is CC(C)CCO/N=C/C1[C@@H](C(=O)O)C1(C)C. The van der Waals surface area contributed by atoms with Crippen LogP contribution in [-0.4, -0.2) is 23.9 Å². The van der Waals surface area contributed by atoms with Crippen molar-refractivity contribution in [1.82, 2.24) is 0 Å². The first-order chi connectivity index (χ1) is 7.37. The van der Waals surface area contributed by atoms with Crippen LogP contribution in [0.1, 0.15) is 34.1 Å². The molecule has 0 aliphatic heterocycles. The van der Waals surface area contributed by atoms with Crippen LogP contribution in [0.3, 0.4) is 0 Å². The van der Waals surface area contributed by atoms with Crippen LogP contribution >= 0.6 is 0 Å². The Hall–Kier alpha value is -1.06. The van der Waals surface area contributed by atoms with Gasteiger partial charge >= 0.3 is 5.97 Å². The lowest BCUT2D eigenvalue weighted by atomic mass is 10.1. The Morgan fingerprint density at radius 3 is 2.62 bits per heavy atom. The molecule has 0 heterocycles. The average molecular weight is 227 g/mol. The topological polar surface area (TPSA) is 58.9 Å². The van der Waals surface area contributed by atoms with Crippen molar-refractivity contribution in [2.45, 2.75) is 34.1 Å². The van der Waals surface area contributed by atoms with Gasteiger partial charge in [0.2, 0.25) is 0 Å². The van der Waals surface area contributed by atoms with Crippen LogP contribution in [0.4, 0.5) is 0 Å². The van der Waals surface area contributed by atoms with Crippen LogP contribution in [0.2, 0.25) is 0 Å². The molecule has 0 saturated heterocycles. The minimum Gasteiger partial charge on any atom is -0.481 e. The van der Waals surface area contributed by atoms with Gasteiger partial charge in [0.1, 0.15) is 6.61 Å². The van der Waals surface area contributed by atoms with Gasteiger partial charge in [-0.25, -0.2) is 0 Å². The van der Waals surface area contributed by atoms with Gasteiger partial charge in [0.15, 0.2) is 0 Å². The monoisotopic (exact) mass is 227 g/mol. The normalized spacial score (nSPS) is 27.3. The second kappa shape index (κ2) is 4.85. The molecule has 4 heteroatoms. The number of hydrogen-bond acceptors (Lipinski definition) is 3. The second-order valence-corrected chi connectivity index (χ2v) is 5.43. The molecule has 4 nitrogen and oxygen atoms in total. The van der Waals surface area contributed by atoms with E-state index >= 15 is 0 Å². The van der Waals surface area contributed by atoms with Crippen LogP contribution in [0.5, 0.6) is 0 Å². The van der Waals surface area contributed by atoms with Gasteiger partial charge < -0.3 is 9.94 Å². The molecule has 92 valence electrons. The summed E-state index contributed by atoms with van der Waals surface area (Å²) in [7, 11) is 0. The summed E-state index contributed by atoms with van der Waals surface area (Å²) < 4.78 is 0. The highest BCUT2D eigenvalue weighted by molar-refractivity contribution is 5.84. The van der Waals surface area contributed by atoms with Crippen molar-refractivity contribution in [1.29, 1.82) is 0 Å². The molecule has 0 aromatic heterocycles. The molecule has 1 unspecified atom stereocenters. The summed E-state index contributed by atoms with van der Waals surface area (Å²) in [5, 5.41) is 12.8. The Balaban J connectivity index is 2.28. The lowest BCUT2D eigenvalue weighted by molar-refractivity contribution is -0.139. The first kappa shape index (κ1) is 13.0. The van der Waals surface area contributed by atoms with Gasteiger partial charge in [-0.1, -0.05) is 32.9 Å². The molecule has 1 rings (SSSR count). The number of carboxylic acid groups (broad SMARTS) is 1. The van der Waals surface area contributed by atoms with Crippen molar-refractivity contribution >= 4 is 12.2 Å². The fourth-order valence-corrected chi connectivity index (χ4v) is 1.88. The summed E-state index contributed by atoms with van der Waals surface area (Å²) in [5.41, 5.74) is -0.184. The van der Waals surface area contributed by atoms with Crippen molar-refractivity contribution in [2.75, 3.05) is 6.61 Å². The van der Waals surface area contributed by atoms with E-state index in [0.717, 1.165) is 6.42 Å². The maximum Gasteiger partial charge on any atom is 0.307 e. The molecule has 0 aromatic carbocycles. The molecule has 16 heavy (non-hydrogen) atoms. The average Bonchev–Trinajstić information content (AvgIpc) is 2.67. The first-order valence-electron chi connectivity index (χ1n) is 5.75. The van der Waals surface area contributed by atoms with Crippen LogP contribution in [0, 0.1) is 23.2 Å². The lowest BCUT2D eigenvalue weighted by Crippen LogP contribution is -2.03. The molecule has 0 bridgehead atoms. The summed E-state index contributed by atoms with van der Waals surface area (Å²) in [6.45, 7) is 8.72. The van der Waals surface area contributed by atoms with E-state index in [2.05, 4.69) is 19.0 Å². The fraction of sp³-hybridized carbons (Fsp3) is 0.833. The van der Waals surface area contributed by atoms with Gasteiger partial charge in [-0.15, -0.1) is 0 Å². The van der Waals surface area contributed by atoms with Crippen LogP contribution in [0.25, 0.3) is 0 Å². The molecule has 1 aliphatic rings. The van der Waals surface area contributed by atoms with E-state index in [4.69, 9.17) is 9.94 Å². The quantitative estimate of drug-likeness (QED) is 0.430. The van der Waals surface area contributed by atoms with Gasteiger partial charge in [0.05, 0.1) is 5.92 Å². The highest BCUT2D eigenvalue weighted by atomic mass is 16.6. The molecule has 0 aromatic rings. The van der Waals surface area contributed by atoms with Crippen molar-refractivity contribution in [2.24, 2.45) is 28.3 Å². The van der Waals surface area contributed by atoms with Gasteiger partial charge in [-0.3, -0.25) is 4.79 Å². The molecule has 0 radical (unpaired) electrons. The number of rotatable bonds is 6. The third kappa shape index (κ3) is 2.97. The van der Waals surface area contributed by atoms with E-state index in [1.807, 2.05) is 13.8 Å². The molecule has 1 N–H and O–H groups in total. The Morgan fingerprint density at radius 1 is 1.56 bits per heavy atom. The third-order valence-electron chi connectivity index (χ3n) is 3.26. The Bertz CT molecular complexity index is 284. The highest BCUT2D eigenvalue weighted by Crippen LogP contribution is 2.57. The van der Waals surface area contributed by atoms with E-state index in [-0.39, 0.29) is 17.3 Å². The van der Waals surface area contributed by atoms with Gasteiger partial charge in [0.25, 0.3) is 0 Å². The smallest absolute Gasteiger partial charge is 0.307 e. The van der Waals surface area contributed by atoms with Crippen molar-refractivity contribution in [3.63, 3.8) is 0 Å². The predicted molar refractivity (Wildman–Crippen MR) is 62.3 cm³/mol. The number of nitrogens with zero attached hydrogens (tertiary/aromatic N) is 1. The molecule has 0 amide bonds. The fourth-order valence-electron chi connectivity index (χ4n) is 1.88. The summed E-state index contributed by atoms with van der Waals surface area (Å²) >= 11 is 0. The maximum atomic E-state index is 10.9. The lowest BCUT2D eigenvalue weighted by Gasteiger charge is -2.01. The van der Waals surface area contributed by atoms with E-state index in [0.29, 0.717) is 12.5 Å². The first-order valence-corrected chi connectivity index (χ1v) is 5.75. The molecular weight excluding hydrogens is 206 g/mol. The Labute approximate surface area is 96.7 Å². The van der Waals surface area contributed by atoms with E-state index < -0.39 is 5.97 Å². The van der Waals surface area contributed by atoms with Crippen molar-refractivity contribution in [3.05, 3.63) is 0 Å². The summed E-state index contributed by atoms with van der Waals surface area (Å²) in [5.74, 6) is -0.461. The number of hydrogen-bond donors (Lipinski definition) is 1. The standard InChI is InChI=1S/C12H21NO3/c1-8(2)5-6-16-13-7-9-10(11(14)15)12(9,3)4/h7-10H,5-6H2,1-4H3,(H,14,15)/b13-7+/t9?,10-/m0/s1. The third-order valence-corrected chi connectivity index (χ3v) is 3.26. The zero-order valence-corrected chi connectivity index (χ0v) is 10.4. The molecule has 2 atom stereocenters. The summed E-state index contributed by atoms with van der Waals surface area (Å²) in [4.78, 5) is 16.0. The zero-order chi connectivity index (χ0) is 12.3. The summed E-state index contributed by atoms with van der Waals surface area (Å²) in [6, 6.07) is 0. The minimum atomic E-state index is -0.747. The number of aliphatic carboxylic acids is 1. The van der Waals surface area contributed by atoms with Gasteiger partial charge in [0, 0.05) is 12.1 Å². The van der Waals surface area contributed by atoms with Crippen LogP contribution < -0.4 is 0 Å². The Morgan fingerprint density at radius 2 is 2.19 bits per heavy atom. The van der Waals surface area contributed by atoms with Crippen LogP contribution in [0.15, 0.2) is 5.16 Å². The molecular formula is C12H21NO3. The number of carbonyl (C=O) groups is 1.